The number of hydrogen-bond donors (Lipinski definition) is 0. The molecule has 0 amide bonds. The van der Waals surface area contributed by atoms with Crippen LogP contribution in [0.1, 0.15) is 63.0 Å². The molecule has 0 aromatic heterocycles. The highest BCUT2D eigenvalue weighted by atomic mass is 16.5. The molecule has 0 aliphatic heterocycles. The highest BCUT2D eigenvalue weighted by Gasteiger charge is 2.62. The third kappa shape index (κ3) is 1.64. The molecule has 2 nitrogen and oxygen atoms in total. The Bertz CT molecular complexity index is 635. The monoisotopic (exact) mass is 298 g/mol. The summed E-state index contributed by atoms with van der Waals surface area (Å²) in [6.07, 6.45) is 6.58. The number of ketones is 1. The summed E-state index contributed by atoms with van der Waals surface area (Å²) in [6, 6.07) is 6.56. The number of carbonyl (C=O) groups excluding carboxylic acids is 1. The largest absolute Gasteiger partial charge is 0.497 e. The number of Topliss-reactive ketones (excluding diaryl/α,β-unsaturated/α-hetero) is 1. The van der Waals surface area contributed by atoms with Crippen LogP contribution in [0.25, 0.3) is 0 Å². The molecule has 0 bridgehead atoms. The van der Waals surface area contributed by atoms with Gasteiger partial charge in [-0.15, -0.1) is 0 Å². The van der Waals surface area contributed by atoms with Crippen LogP contribution in [0.5, 0.6) is 5.75 Å². The van der Waals surface area contributed by atoms with Crippen molar-refractivity contribution in [2.75, 3.05) is 7.11 Å². The molecule has 4 atom stereocenters. The van der Waals surface area contributed by atoms with Crippen molar-refractivity contribution in [1.82, 2.24) is 0 Å². The minimum absolute atomic E-state index is 0.104. The Kier molecular flexibility index (Phi) is 2.99. The van der Waals surface area contributed by atoms with E-state index in [9.17, 15) is 4.79 Å². The third-order valence-corrected chi connectivity index (χ3v) is 7.45. The van der Waals surface area contributed by atoms with E-state index in [1.54, 1.807) is 7.11 Å². The number of carbonyl (C=O) groups is 1. The van der Waals surface area contributed by atoms with Gasteiger partial charge in [-0.1, -0.05) is 19.9 Å². The molecule has 4 rings (SSSR count). The zero-order chi connectivity index (χ0) is 15.5. The minimum Gasteiger partial charge on any atom is -0.497 e. The quantitative estimate of drug-likeness (QED) is 0.762. The molecule has 2 heteroatoms. The Morgan fingerprint density at radius 2 is 1.95 bits per heavy atom. The van der Waals surface area contributed by atoms with Gasteiger partial charge in [-0.2, -0.15) is 0 Å². The summed E-state index contributed by atoms with van der Waals surface area (Å²) in [5.74, 6) is 2.58. The number of hydrogen-bond acceptors (Lipinski definition) is 2. The van der Waals surface area contributed by atoms with Crippen LogP contribution < -0.4 is 4.74 Å². The standard InChI is InChI=1S/C20H26O2/c1-19-10-8-16-15-6-5-14(22-3)12-13(15)4-7-17(16)20(19,2)18(21)9-11-19/h5-6,12,16-17H,4,7-11H2,1-3H3/t16-,17-,19-,20-/m1/s1. The molecule has 0 N–H and O–H groups in total. The zero-order valence-corrected chi connectivity index (χ0v) is 13.9. The summed E-state index contributed by atoms with van der Waals surface area (Å²) in [7, 11) is 1.73. The average Bonchev–Trinajstić information content (AvgIpc) is 2.78. The maximum Gasteiger partial charge on any atom is 0.139 e. The van der Waals surface area contributed by atoms with Crippen molar-refractivity contribution >= 4 is 5.78 Å². The lowest BCUT2D eigenvalue weighted by molar-refractivity contribution is -0.138. The fourth-order valence-corrected chi connectivity index (χ4v) is 5.82. The van der Waals surface area contributed by atoms with Crippen molar-refractivity contribution in [2.24, 2.45) is 16.7 Å². The molecule has 0 heterocycles. The number of fused-ring (bicyclic) bond motifs is 5. The van der Waals surface area contributed by atoms with Crippen LogP contribution in [-0.2, 0) is 11.2 Å². The molecule has 0 spiro atoms. The van der Waals surface area contributed by atoms with E-state index in [1.165, 1.54) is 24.0 Å². The van der Waals surface area contributed by atoms with Crippen molar-refractivity contribution in [1.29, 1.82) is 0 Å². The Hall–Kier alpha value is -1.31. The lowest BCUT2D eigenvalue weighted by Crippen LogP contribution is -2.50. The van der Waals surface area contributed by atoms with Crippen LogP contribution in [0.2, 0.25) is 0 Å². The molecule has 2 saturated carbocycles. The maximum atomic E-state index is 12.8. The first kappa shape index (κ1) is 14.3. The fourth-order valence-electron chi connectivity index (χ4n) is 5.82. The molecular formula is C20H26O2. The average molecular weight is 298 g/mol. The molecule has 22 heavy (non-hydrogen) atoms. The van der Waals surface area contributed by atoms with Gasteiger partial charge in [0.2, 0.25) is 0 Å². The van der Waals surface area contributed by atoms with Gasteiger partial charge in [0.05, 0.1) is 7.11 Å². The van der Waals surface area contributed by atoms with E-state index in [1.807, 2.05) is 0 Å². The van der Waals surface area contributed by atoms with Gasteiger partial charge in [0.1, 0.15) is 11.5 Å². The van der Waals surface area contributed by atoms with Gasteiger partial charge in [-0.3, -0.25) is 4.79 Å². The van der Waals surface area contributed by atoms with E-state index in [4.69, 9.17) is 4.74 Å². The predicted octanol–water partition coefficient (Wildman–Crippen LogP) is 4.51. The van der Waals surface area contributed by atoms with Gasteiger partial charge >= 0.3 is 0 Å². The van der Waals surface area contributed by atoms with Crippen LogP contribution in [0.3, 0.4) is 0 Å². The molecule has 0 radical (unpaired) electrons. The van der Waals surface area contributed by atoms with Crippen molar-refractivity contribution in [3.63, 3.8) is 0 Å². The summed E-state index contributed by atoms with van der Waals surface area (Å²) in [5, 5.41) is 0. The molecule has 1 aromatic carbocycles. The van der Waals surface area contributed by atoms with Crippen molar-refractivity contribution < 1.29 is 9.53 Å². The van der Waals surface area contributed by atoms with E-state index in [0.717, 1.165) is 31.4 Å². The Labute approximate surface area is 133 Å². The number of benzene rings is 1. The molecule has 1 aromatic rings. The molecule has 2 fully saturated rings. The SMILES string of the molecule is COc1ccc2c(c1)CC[C@@H]1[C@@H]2CC[C@]2(C)CCC(=O)[C@@]12C. The van der Waals surface area contributed by atoms with Crippen molar-refractivity contribution in [2.45, 2.75) is 58.3 Å². The minimum atomic E-state index is -0.104. The third-order valence-electron chi connectivity index (χ3n) is 7.45. The van der Waals surface area contributed by atoms with E-state index in [0.29, 0.717) is 17.6 Å². The first-order chi connectivity index (χ1) is 10.5. The van der Waals surface area contributed by atoms with Crippen molar-refractivity contribution in [3.05, 3.63) is 29.3 Å². The second-order valence-corrected chi connectivity index (χ2v) is 8.04. The van der Waals surface area contributed by atoms with Gasteiger partial charge in [0.25, 0.3) is 0 Å². The van der Waals surface area contributed by atoms with Gasteiger partial charge in [0.15, 0.2) is 0 Å². The molecule has 0 unspecified atom stereocenters. The highest BCUT2D eigenvalue weighted by molar-refractivity contribution is 5.88. The Morgan fingerprint density at radius 3 is 2.73 bits per heavy atom. The second kappa shape index (κ2) is 4.59. The highest BCUT2D eigenvalue weighted by Crippen LogP contribution is 2.66. The van der Waals surface area contributed by atoms with Gasteiger partial charge in [-0.05, 0) is 72.6 Å². The Morgan fingerprint density at radius 1 is 1.14 bits per heavy atom. The first-order valence-corrected chi connectivity index (χ1v) is 8.70. The summed E-state index contributed by atoms with van der Waals surface area (Å²) < 4.78 is 5.38. The van der Waals surface area contributed by atoms with Gasteiger partial charge in [0, 0.05) is 11.8 Å². The van der Waals surface area contributed by atoms with Crippen LogP contribution in [0.15, 0.2) is 18.2 Å². The van der Waals surface area contributed by atoms with Crippen LogP contribution in [0, 0.1) is 16.7 Å². The Balaban J connectivity index is 1.77. The number of aryl methyl sites for hydroxylation is 1. The number of rotatable bonds is 1. The first-order valence-electron chi connectivity index (χ1n) is 8.70. The van der Waals surface area contributed by atoms with Crippen LogP contribution in [-0.4, -0.2) is 12.9 Å². The molecule has 0 saturated heterocycles. The molecule has 3 aliphatic rings. The van der Waals surface area contributed by atoms with Gasteiger partial charge in [-0.25, -0.2) is 0 Å². The van der Waals surface area contributed by atoms with Crippen LogP contribution in [0.4, 0.5) is 0 Å². The smallest absolute Gasteiger partial charge is 0.139 e. The maximum absolute atomic E-state index is 12.8. The lowest BCUT2D eigenvalue weighted by atomic mass is 9.48. The van der Waals surface area contributed by atoms with Crippen LogP contribution >= 0.6 is 0 Å². The number of methoxy groups -OCH3 is 1. The van der Waals surface area contributed by atoms with E-state index in [-0.39, 0.29) is 10.8 Å². The summed E-state index contributed by atoms with van der Waals surface area (Å²) in [6.45, 7) is 4.66. The fraction of sp³-hybridized carbons (Fsp3) is 0.650. The normalized spacial score (nSPS) is 39.9. The van der Waals surface area contributed by atoms with E-state index >= 15 is 0 Å². The zero-order valence-electron chi connectivity index (χ0n) is 13.9. The summed E-state index contributed by atoms with van der Waals surface area (Å²) in [5.41, 5.74) is 3.06. The molecule has 3 aliphatic carbocycles. The molecule has 118 valence electrons. The summed E-state index contributed by atoms with van der Waals surface area (Å²) >= 11 is 0. The molecular weight excluding hydrogens is 272 g/mol. The second-order valence-electron chi connectivity index (χ2n) is 8.04. The summed E-state index contributed by atoms with van der Waals surface area (Å²) in [4.78, 5) is 12.8. The lowest BCUT2D eigenvalue weighted by Gasteiger charge is -2.55. The topological polar surface area (TPSA) is 26.3 Å². The predicted molar refractivity (Wildman–Crippen MR) is 87.2 cm³/mol. The van der Waals surface area contributed by atoms with Gasteiger partial charge < -0.3 is 4.74 Å². The number of ether oxygens (including phenoxy) is 1. The van der Waals surface area contributed by atoms with Crippen molar-refractivity contribution in [3.8, 4) is 5.75 Å². The van der Waals surface area contributed by atoms with E-state index in [2.05, 4.69) is 32.0 Å². The van der Waals surface area contributed by atoms with E-state index < -0.39 is 0 Å².